The van der Waals surface area contributed by atoms with Gasteiger partial charge in [-0.2, -0.15) is 9.78 Å². The van der Waals surface area contributed by atoms with E-state index in [4.69, 9.17) is 0 Å². The van der Waals surface area contributed by atoms with Gasteiger partial charge in [-0.05, 0) is 30.2 Å². The fraction of sp³-hybridized carbons (Fsp3) is 0.250. The molecule has 0 aliphatic heterocycles. The van der Waals surface area contributed by atoms with E-state index < -0.39 is 0 Å². The number of aromatic nitrogens is 3. The van der Waals surface area contributed by atoms with Crippen molar-refractivity contribution in [2.24, 2.45) is 5.10 Å². The molecule has 0 saturated heterocycles. The molecule has 0 radical (unpaired) electrons. The fourth-order valence-electron chi connectivity index (χ4n) is 2.44. The van der Waals surface area contributed by atoms with Crippen molar-refractivity contribution >= 4 is 33.9 Å². The van der Waals surface area contributed by atoms with Crippen LogP contribution < -0.4 is 0 Å². The predicted molar refractivity (Wildman–Crippen MR) is 112 cm³/mol. The molecule has 0 unspecified atom stereocenters. The quantitative estimate of drug-likeness (QED) is 0.376. The smallest absolute Gasteiger partial charge is 0.191 e. The average Bonchev–Trinajstić information content (AvgIpc) is 3.03. The first-order chi connectivity index (χ1) is 12.5. The molecule has 4 nitrogen and oxygen atoms in total. The van der Waals surface area contributed by atoms with Crippen molar-refractivity contribution in [2.45, 2.75) is 37.6 Å². The molecule has 0 fully saturated rings. The first-order valence-corrected chi connectivity index (χ1v) is 10.2. The van der Waals surface area contributed by atoms with E-state index >= 15 is 0 Å². The molecule has 1 aromatic heterocycles. The van der Waals surface area contributed by atoms with Crippen molar-refractivity contribution in [3.05, 3.63) is 75.5 Å². The fourth-order valence-corrected chi connectivity index (χ4v) is 3.55. The molecule has 0 aliphatic rings. The molecule has 0 N–H and O–H groups in total. The second-order valence-corrected chi connectivity index (χ2v) is 8.24. The lowest BCUT2D eigenvalue weighted by Gasteiger charge is -2.07. The largest absolute Gasteiger partial charge is 0.212 e. The van der Waals surface area contributed by atoms with Gasteiger partial charge in [0, 0.05) is 16.1 Å². The van der Waals surface area contributed by atoms with Crippen molar-refractivity contribution in [1.82, 2.24) is 14.9 Å². The Hall–Kier alpha value is -1.92. The first kappa shape index (κ1) is 18.9. The third kappa shape index (κ3) is 4.83. The highest BCUT2D eigenvalue weighted by Crippen LogP contribution is 2.25. The SMILES string of the molecule is Cc1cccc(/C=N\n2c(SCc3ccc(Br)cc3)nnc2C(C)C)c1. The van der Waals surface area contributed by atoms with E-state index in [1.165, 1.54) is 11.1 Å². The van der Waals surface area contributed by atoms with Crippen LogP contribution in [0.2, 0.25) is 0 Å². The maximum atomic E-state index is 4.66. The van der Waals surface area contributed by atoms with Gasteiger partial charge in [0.25, 0.3) is 0 Å². The van der Waals surface area contributed by atoms with Gasteiger partial charge in [-0.3, -0.25) is 0 Å². The molecule has 0 amide bonds. The Kier molecular flexibility index (Phi) is 6.27. The average molecular weight is 429 g/mol. The van der Waals surface area contributed by atoms with E-state index in [1.54, 1.807) is 11.8 Å². The second kappa shape index (κ2) is 8.64. The normalized spacial score (nSPS) is 11.6. The van der Waals surface area contributed by atoms with Crippen LogP contribution in [0, 0.1) is 6.92 Å². The van der Waals surface area contributed by atoms with Gasteiger partial charge in [0.05, 0.1) is 6.21 Å². The molecular formula is C20H21BrN4S. The van der Waals surface area contributed by atoms with Gasteiger partial charge in [-0.15, -0.1) is 10.2 Å². The Bertz CT molecular complexity index is 900. The summed E-state index contributed by atoms with van der Waals surface area (Å²) in [6.07, 6.45) is 1.87. The maximum absolute atomic E-state index is 4.66. The second-order valence-electron chi connectivity index (χ2n) is 6.38. The van der Waals surface area contributed by atoms with Gasteiger partial charge < -0.3 is 0 Å². The Balaban J connectivity index is 1.83. The zero-order valence-corrected chi connectivity index (χ0v) is 17.5. The minimum absolute atomic E-state index is 0.249. The zero-order valence-electron chi connectivity index (χ0n) is 15.1. The van der Waals surface area contributed by atoms with Gasteiger partial charge in [0.2, 0.25) is 5.16 Å². The minimum Gasteiger partial charge on any atom is -0.191 e. The standard InChI is InChI=1S/C20H21BrN4S/c1-14(2)19-23-24-20(26-13-16-7-9-18(21)10-8-16)25(19)22-12-17-6-4-5-15(3)11-17/h4-12,14H,13H2,1-3H3/b22-12-. The summed E-state index contributed by atoms with van der Waals surface area (Å²) in [5, 5.41) is 14.2. The van der Waals surface area contributed by atoms with E-state index in [9.17, 15) is 0 Å². The Labute approximate surface area is 166 Å². The lowest BCUT2D eigenvalue weighted by atomic mass is 10.2. The molecule has 26 heavy (non-hydrogen) atoms. The number of halogens is 1. The van der Waals surface area contributed by atoms with Crippen LogP contribution in [-0.2, 0) is 5.75 Å². The summed E-state index contributed by atoms with van der Waals surface area (Å²) in [4.78, 5) is 0. The van der Waals surface area contributed by atoms with Crippen LogP contribution in [-0.4, -0.2) is 21.1 Å². The summed E-state index contributed by atoms with van der Waals surface area (Å²) < 4.78 is 2.94. The Morgan fingerprint density at radius 1 is 1.15 bits per heavy atom. The Morgan fingerprint density at radius 3 is 2.62 bits per heavy atom. The van der Waals surface area contributed by atoms with Crippen LogP contribution in [0.5, 0.6) is 0 Å². The maximum Gasteiger partial charge on any atom is 0.212 e. The molecule has 0 atom stereocenters. The highest BCUT2D eigenvalue weighted by atomic mass is 79.9. The monoisotopic (exact) mass is 428 g/mol. The van der Waals surface area contributed by atoms with Crippen molar-refractivity contribution in [1.29, 1.82) is 0 Å². The molecular weight excluding hydrogens is 408 g/mol. The predicted octanol–water partition coefficient (Wildman–Crippen LogP) is 5.65. The molecule has 0 spiro atoms. The van der Waals surface area contributed by atoms with Crippen LogP contribution in [0.25, 0.3) is 0 Å². The highest BCUT2D eigenvalue weighted by molar-refractivity contribution is 9.10. The lowest BCUT2D eigenvalue weighted by molar-refractivity contribution is 0.667. The minimum atomic E-state index is 0.249. The lowest BCUT2D eigenvalue weighted by Crippen LogP contribution is -2.02. The van der Waals surface area contributed by atoms with Crippen LogP contribution in [0.15, 0.2) is 63.3 Å². The number of aryl methyl sites for hydroxylation is 1. The zero-order chi connectivity index (χ0) is 18.5. The summed E-state index contributed by atoms with van der Waals surface area (Å²) in [7, 11) is 0. The third-order valence-corrected chi connectivity index (χ3v) is 5.32. The van der Waals surface area contributed by atoms with E-state index in [0.717, 1.165) is 26.8 Å². The number of thioether (sulfide) groups is 1. The third-order valence-electron chi connectivity index (χ3n) is 3.80. The van der Waals surface area contributed by atoms with Crippen molar-refractivity contribution in [3.63, 3.8) is 0 Å². The van der Waals surface area contributed by atoms with Crippen molar-refractivity contribution < 1.29 is 0 Å². The molecule has 3 aromatic rings. The summed E-state index contributed by atoms with van der Waals surface area (Å²) in [5.74, 6) is 1.94. The highest BCUT2D eigenvalue weighted by Gasteiger charge is 2.15. The van der Waals surface area contributed by atoms with Crippen LogP contribution in [0.1, 0.15) is 42.3 Å². The van der Waals surface area contributed by atoms with Crippen molar-refractivity contribution in [2.75, 3.05) is 0 Å². The van der Waals surface area contributed by atoms with Crippen LogP contribution >= 0.6 is 27.7 Å². The molecule has 134 valence electrons. The molecule has 2 aromatic carbocycles. The number of hydrogen-bond donors (Lipinski definition) is 0. The summed E-state index contributed by atoms with van der Waals surface area (Å²) in [6, 6.07) is 16.6. The number of benzene rings is 2. The van der Waals surface area contributed by atoms with E-state index in [1.807, 2.05) is 23.0 Å². The van der Waals surface area contributed by atoms with Gasteiger partial charge in [0.15, 0.2) is 5.82 Å². The first-order valence-electron chi connectivity index (χ1n) is 8.46. The van der Waals surface area contributed by atoms with Gasteiger partial charge in [-0.25, -0.2) is 0 Å². The number of rotatable bonds is 6. The van der Waals surface area contributed by atoms with Gasteiger partial charge >= 0.3 is 0 Å². The Morgan fingerprint density at radius 2 is 1.92 bits per heavy atom. The van der Waals surface area contributed by atoms with Crippen molar-refractivity contribution in [3.8, 4) is 0 Å². The summed E-state index contributed by atoms with van der Waals surface area (Å²) in [5.41, 5.74) is 3.52. The molecule has 3 rings (SSSR count). The topological polar surface area (TPSA) is 43.1 Å². The summed E-state index contributed by atoms with van der Waals surface area (Å²) in [6.45, 7) is 6.28. The number of hydrogen-bond acceptors (Lipinski definition) is 4. The van der Waals surface area contributed by atoms with E-state index in [-0.39, 0.29) is 5.92 Å². The van der Waals surface area contributed by atoms with Crippen LogP contribution in [0.4, 0.5) is 0 Å². The van der Waals surface area contributed by atoms with Crippen LogP contribution in [0.3, 0.4) is 0 Å². The number of nitrogens with zero attached hydrogens (tertiary/aromatic N) is 4. The summed E-state index contributed by atoms with van der Waals surface area (Å²) >= 11 is 5.11. The van der Waals surface area contributed by atoms with E-state index in [2.05, 4.69) is 88.4 Å². The molecule has 0 bridgehead atoms. The molecule has 6 heteroatoms. The van der Waals surface area contributed by atoms with Gasteiger partial charge in [-0.1, -0.05) is 83.5 Å². The van der Waals surface area contributed by atoms with Gasteiger partial charge in [0.1, 0.15) is 0 Å². The molecule has 0 aliphatic carbocycles. The molecule has 1 heterocycles. The van der Waals surface area contributed by atoms with E-state index in [0.29, 0.717) is 0 Å². The molecule has 0 saturated carbocycles.